The van der Waals surface area contributed by atoms with Crippen LogP contribution in [0, 0.1) is 5.41 Å². The van der Waals surface area contributed by atoms with E-state index in [1.165, 1.54) is 5.01 Å². The van der Waals surface area contributed by atoms with Crippen LogP contribution in [0.1, 0.15) is 62.0 Å². The maximum Gasteiger partial charge on any atom is 0.251 e. The van der Waals surface area contributed by atoms with Crippen molar-refractivity contribution >= 4 is 23.4 Å². The number of hydrogen-bond donors (Lipinski definition) is 2. The minimum absolute atomic E-state index is 0.0461. The molecule has 0 bridgehead atoms. The normalized spacial score (nSPS) is 15.6. The molecule has 3 rings (SSSR count). The van der Waals surface area contributed by atoms with Gasteiger partial charge >= 0.3 is 0 Å². The number of carbonyl (C=O) groups excluding carboxylic acids is 3. The highest BCUT2D eigenvalue weighted by molar-refractivity contribution is 6.01. The summed E-state index contributed by atoms with van der Waals surface area (Å²) >= 11 is 0. The summed E-state index contributed by atoms with van der Waals surface area (Å²) in [7, 11) is 0. The first-order valence-corrected chi connectivity index (χ1v) is 9.81. The van der Waals surface area contributed by atoms with E-state index in [2.05, 4.69) is 31.5 Å². The minimum Gasteiger partial charge on any atom is -0.345 e. The third-order valence-electron chi connectivity index (χ3n) is 4.76. The molecular formula is C23H27N3O3. The molecule has 1 saturated heterocycles. The Labute approximate surface area is 171 Å². The van der Waals surface area contributed by atoms with E-state index in [4.69, 9.17) is 0 Å². The third-order valence-corrected chi connectivity index (χ3v) is 4.76. The standard InChI is InChI=1S/C23H27N3O3/c1-23(2,3)15-19(16-7-5-4-6-8-16)24-22(29)17-9-11-18(12-10-17)26-21(28)14-13-20(27)25-26/h4-12,19H,13-15H2,1-3H3,(H,24,29)(H,25,27). The molecule has 1 heterocycles. The molecular weight excluding hydrogens is 366 g/mol. The molecule has 2 aromatic rings. The molecule has 1 fully saturated rings. The summed E-state index contributed by atoms with van der Waals surface area (Å²) in [5, 5.41) is 4.37. The molecule has 1 atom stereocenters. The molecule has 0 radical (unpaired) electrons. The highest BCUT2D eigenvalue weighted by atomic mass is 16.2. The molecule has 29 heavy (non-hydrogen) atoms. The molecule has 2 aromatic carbocycles. The van der Waals surface area contributed by atoms with Crippen LogP contribution in [0.2, 0.25) is 0 Å². The Bertz CT molecular complexity index is 886. The van der Waals surface area contributed by atoms with E-state index < -0.39 is 0 Å². The number of carbonyl (C=O) groups is 3. The molecule has 1 unspecified atom stereocenters. The van der Waals surface area contributed by atoms with Crippen LogP contribution in [0.5, 0.6) is 0 Å². The Kier molecular flexibility index (Phi) is 6.01. The van der Waals surface area contributed by atoms with Crippen LogP contribution in [0.15, 0.2) is 54.6 Å². The summed E-state index contributed by atoms with van der Waals surface area (Å²) in [6.07, 6.45) is 1.18. The molecule has 0 aromatic heterocycles. The molecule has 1 aliphatic heterocycles. The third kappa shape index (κ3) is 5.44. The maximum atomic E-state index is 12.9. The van der Waals surface area contributed by atoms with Crippen LogP contribution in [-0.4, -0.2) is 17.7 Å². The SMILES string of the molecule is CC(C)(C)CC(NC(=O)c1ccc(N2NC(=O)CCC2=O)cc1)c1ccccc1. The van der Waals surface area contributed by atoms with Gasteiger partial charge in [-0.3, -0.25) is 19.8 Å². The Morgan fingerprint density at radius 1 is 1.03 bits per heavy atom. The molecule has 0 aliphatic carbocycles. The average Bonchev–Trinajstić information content (AvgIpc) is 2.69. The molecule has 1 aliphatic rings. The second-order valence-corrected chi connectivity index (χ2v) is 8.51. The van der Waals surface area contributed by atoms with Crippen molar-refractivity contribution in [3.8, 4) is 0 Å². The smallest absolute Gasteiger partial charge is 0.251 e. The van der Waals surface area contributed by atoms with Gasteiger partial charge < -0.3 is 5.32 Å². The monoisotopic (exact) mass is 393 g/mol. The van der Waals surface area contributed by atoms with E-state index >= 15 is 0 Å². The van der Waals surface area contributed by atoms with E-state index in [1.807, 2.05) is 30.3 Å². The lowest BCUT2D eigenvalue weighted by Crippen LogP contribution is -2.50. The highest BCUT2D eigenvalue weighted by Gasteiger charge is 2.25. The van der Waals surface area contributed by atoms with Crippen LogP contribution in [0.25, 0.3) is 0 Å². The van der Waals surface area contributed by atoms with Crippen LogP contribution in [0.3, 0.4) is 0 Å². The maximum absolute atomic E-state index is 12.9. The van der Waals surface area contributed by atoms with Crippen LogP contribution in [0.4, 0.5) is 5.69 Å². The Morgan fingerprint density at radius 2 is 1.69 bits per heavy atom. The van der Waals surface area contributed by atoms with Gasteiger partial charge in [-0.15, -0.1) is 0 Å². The van der Waals surface area contributed by atoms with Crippen LogP contribution >= 0.6 is 0 Å². The van der Waals surface area contributed by atoms with Crippen molar-refractivity contribution in [1.29, 1.82) is 0 Å². The average molecular weight is 393 g/mol. The summed E-state index contributed by atoms with van der Waals surface area (Å²) in [5.41, 5.74) is 4.70. The summed E-state index contributed by atoms with van der Waals surface area (Å²) in [5.74, 6) is -0.543. The fourth-order valence-corrected chi connectivity index (χ4v) is 3.34. The van der Waals surface area contributed by atoms with Gasteiger partial charge in [0.1, 0.15) is 0 Å². The summed E-state index contributed by atoms with van der Waals surface area (Å²) in [6.45, 7) is 6.44. The van der Waals surface area contributed by atoms with E-state index in [-0.39, 0.29) is 42.0 Å². The number of rotatable bonds is 5. The first-order valence-electron chi connectivity index (χ1n) is 9.81. The van der Waals surface area contributed by atoms with Crippen molar-refractivity contribution in [2.75, 3.05) is 5.01 Å². The number of nitrogens with zero attached hydrogens (tertiary/aromatic N) is 1. The number of hydrogen-bond acceptors (Lipinski definition) is 3. The first kappa shape index (κ1) is 20.6. The molecule has 152 valence electrons. The highest BCUT2D eigenvalue weighted by Crippen LogP contribution is 2.29. The summed E-state index contributed by atoms with van der Waals surface area (Å²) in [6, 6.07) is 16.5. The van der Waals surface area contributed by atoms with Crippen LogP contribution < -0.4 is 15.8 Å². The van der Waals surface area contributed by atoms with Crippen molar-refractivity contribution < 1.29 is 14.4 Å². The molecule has 0 saturated carbocycles. The van der Waals surface area contributed by atoms with Crippen molar-refractivity contribution in [2.24, 2.45) is 5.41 Å². The molecule has 6 nitrogen and oxygen atoms in total. The van der Waals surface area contributed by atoms with Gasteiger partial charge in [-0.1, -0.05) is 51.1 Å². The van der Waals surface area contributed by atoms with Gasteiger partial charge in [0.15, 0.2) is 0 Å². The van der Waals surface area contributed by atoms with Gasteiger partial charge in [-0.2, -0.15) is 0 Å². The number of hydrazine groups is 1. The topological polar surface area (TPSA) is 78.5 Å². The largest absolute Gasteiger partial charge is 0.345 e. The lowest BCUT2D eigenvalue weighted by molar-refractivity contribution is -0.130. The molecule has 3 amide bonds. The van der Waals surface area contributed by atoms with Gasteiger partial charge in [-0.05, 0) is 41.7 Å². The predicted molar refractivity (Wildman–Crippen MR) is 112 cm³/mol. The van der Waals surface area contributed by atoms with Crippen molar-refractivity contribution in [3.05, 3.63) is 65.7 Å². The molecule has 0 spiro atoms. The minimum atomic E-state index is -0.195. The number of benzene rings is 2. The van der Waals surface area contributed by atoms with Gasteiger partial charge in [0.2, 0.25) is 11.8 Å². The molecule has 6 heteroatoms. The van der Waals surface area contributed by atoms with Gasteiger partial charge in [0.25, 0.3) is 5.91 Å². The summed E-state index contributed by atoms with van der Waals surface area (Å²) in [4.78, 5) is 36.5. The van der Waals surface area contributed by atoms with Gasteiger partial charge in [0, 0.05) is 18.4 Å². The van der Waals surface area contributed by atoms with Crippen LogP contribution in [-0.2, 0) is 9.59 Å². The number of amides is 3. The zero-order chi connectivity index (χ0) is 21.0. The zero-order valence-electron chi connectivity index (χ0n) is 17.1. The lowest BCUT2D eigenvalue weighted by atomic mass is 9.85. The fraction of sp³-hybridized carbons (Fsp3) is 0.348. The second-order valence-electron chi connectivity index (χ2n) is 8.51. The number of nitrogens with one attached hydrogen (secondary N) is 2. The van der Waals surface area contributed by atoms with E-state index in [0.717, 1.165) is 12.0 Å². The van der Waals surface area contributed by atoms with E-state index in [0.29, 0.717) is 11.3 Å². The van der Waals surface area contributed by atoms with Crippen molar-refractivity contribution in [1.82, 2.24) is 10.7 Å². The zero-order valence-corrected chi connectivity index (χ0v) is 17.1. The van der Waals surface area contributed by atoms with E-state index in [9.17, 15) is 14.4 Å². The predicted octanol–water partition coefficient (Wildman–Crippen LogP) is 3.75. The number of anilines is 1. The van der Waals surface area contributed by atoms with Crippen molar-refractivity contribution in [3.63, 3.8) is 0 Å². The second kappa shape index (κ2) is 8.47. The quantitative estimate of drug-likeness (QED) is 0.812. The Morgan fingerprint density at radius 3 is 2.31 bits per heavy atom. The van der Waals surface area contributed by atoms with Gasteiger partial charge in [-0.25, -0.2) is 5.01 Å². The lowest BCUT2D eigenvalue weighted by Gasteiger charge is -2.28. The van der Waals surface area contributed by atoms with E-state index in [1.54, 1.807) is 24.3 Å². The molecule has 2 N–H and O–H groups in total. The van der Waals surface area contributed by atoms with Gasteiger partial charge in [0.05, 0.1) is 11.7 Å². The Balaban J connectivity index is 1.75. The van der Waals surface area contributed by atoms with Crippen molar-refractivity contribution in [2.45, 2.75) is 46.1 Å². The summed E-state index contributed by atoms with van der Waals surface area (Å²) < 4.78 is 0. The first-order chi connectivity index (χ1) is 13.7. The Hall–Kier alpha value is -3.15. The fourth-order valence-electron chi connectivity index (χ4n) is 3.34.